The summed E-state index contributed by atoms with van der Waals surface area (Å²) in [7, 11) is -4.80. The average Bonchev–Trinajstić information content (AvgIpc) is 1.73. The van der Waals surface area contributed by atoms with Crippen molar-refractivity contribution in [2.75, 3.05) is 0 Å². The van der Waals surface area contributed by atoms with Crippen LogP contribution in [0.15, 0.2) is 0 Å². The fourth-order valence-corrected chi connectivity index (χ4v) is 0.402. The van der Waals surface area contributed by atoms with Gasteiger partial charge >= 0.3 is 50.6 Å². The van der Waals surface area contributed by atoms with Gasteiger partial charge in [-0.2, -0.15) is 0 Å². The van der Waals surface area contributed by atoms with Crippen molar-refractivity contribution in [3.63, 3.8) is 0 Å². The summed E-state index contributed by atoms with van der Waals surface area (Å²) in [5.41, 5.74) is 0. The molecule has 0 aromatic heterocycles. The Morgan fingerprint density at radius 2 is 1.22 bits per heavy atom. The first-order valence-electron chi connectivity index (χ1n) is 1.13. The molecule has 0 amide bonds. The SMILES string of the molecule is OP1(O)(O)OO1.[AlH3].[H-].[Li+].[Ti]. The van der Waals surface area contributed by atoms with E-state index in [9.17, 15) is 0 Å². The van der Waals surface area contributed by atoms with E-state index in [0.29, 0.717) is 0 Å². The predicted octanol–water partition coefficient (Wildman–Crippen LogP) is -5.02. The molecule has 0 aromatic rings. The minimum Gasteiger partial charge on any atom is -1.00 e. The van der Waals surface area contributed by atoms with Crippen LogP contribution in [0.2, 0.25) is 0 Å². The minimum atomic E-state index is -4.80. The molecular weight excluding hydrogens is 193 g/mol. The standard InChI is InChI=1S/Al.Li.H3O5P.Ti.4H/c;;1-6(2,3)4-5-6;;;;;/h;;1-3H;;;;;/q;+1;;;;;;-1. The molecule has 0 aromatic carbocycles. The largest absolute Gasteiger partial charge is 1.00 e. The van der Waals surface area contributed by atoms with Gasteiger partial charge in [0.25, 0.3) is 0 Å². The molecule has 0 bridgehead atoms. The van der Waals surface area contributed by atoms with Gasteiger partial charge in [0.2, 0.25) is 0 Å². The van der Waals surface area contributed by atoms with E-state index >= 15 is 0 Å². The van der Waals surface area contributed by atoms with Crippen molar-refractivity contribution in [2.45, 2.75) is 0 Å². The molecule has 1 saturated heterocycles. The zero-order chi connectivity index (χ0) is 4.86. The monoisotopic (exact) mass is 200 g/mol. The summed E-state index contributed by atoms with van der Waals surface area (Å²) < 4.78 is 6.76. The summed E-state index contributed by atoms with van der Waals surface area (Å²) in [5.74, 6) is 0. The molecule has 5 nitrogen and oxygen atoms in total. The molecule has 9 heteroatoms. The van der Waals surface area contributed by atoms with Crippen LogP contribution in [-0.2, 0) is 31.1 Å². The van der Waals surface area contributed by atoms with Crippen LogP contribution in [-0.4, -0.2) is 32.0 Å². The van der Waals surface area contributed by atoms with E-state index in [1.165, 1.54) is 0 Å². The summed E-state index contributed by atoms with van der Waals surface area (Å²) in [6.07, 6.45) is 0. The molecule has 9 heavy (non-hydrogen) atoms. The van der Waals surface area contributed by atoms with E-state index in [0.717, 1.165) is 0 Å². The Labute approximate surface area is 90.7 Å². The fraction of sp³-hybridized carbons (Fsp3) is 0. The average molecular weight is 200 g/mol. The topological polar surface area (TPSA) is 85.8 Å². The zero-order valence-electron chi connectivity index (χ0n) is 5.11. The maximum atomic E-state index is 7.89. The van der Waals surface area contributed by atoms with Crippen molar-refractivity contribution in [1.82, 2.24) is 0 Å². The third-order valence-electron chi connectivity index (χ3n) is 0.275. The molecule has 1 heterocycles. The van der Waals surface area contributed by atoms with Crippen molar-refractivity contribution >= 4 is 25.1 Å². The van der Waals surface area contributed by atoms with Gasteiger partial charge in [0.1, 0.15) is 0 Å². The maximum Gasteiger partial charge on any atom is 1.00 e. The van der Waals surface area contributed by atoms with Crippen LogP contribution in [0, 0.1) is 0 Å². The van der Waals surface area contributed by atoms with Crippen molar-refractivity contribution in [3.05, 3.63) is 0 Å². The predicted molar refractivity (Wildman–Crippen MR) is 26.8 cm³/mol. The van der Waals surface area contributed by atoms with Gasteiger partial charge in [0.05, 0.1) is 0 Å². The van der Waals surface area contributed by atoms with Gasteiger partial charge < -0.3 is 1.43 Å². The molecule has 0 radical (unpaired) electrons. The first-order chi connectivity index (χ1) is 2.47. The Balaban J connectivity index is -0.0000000450. The van der Waals surface area contributed by atoms with E-state index in [1.807, 2.05) is 0 Å². The van der Waals surface area contributed by atoms with Crippen LogP contribution in [0.1, 0.15) is 1.43 Å². The van der Waals surface area contributed by atoms with E-state index in [-0.39, 0.29) is 59.4 Å². The first kappa shape index (κ1) is 17.2. The molecule has 0 atom stereocenters. The van der Waals surface area contributed by atoms with Crippen LogP contribution in [0.5, 0.6) is 0 Å². The van der Waals surface area contributed by atoms with E-state index in [2.05, 4.69) is 9.35 Å². The van der Waals surface area contributed by atoms with Crippen molar-refractivity contribution in [2.24, 2.45) is 0 Å². The van der Waals surface area contributed by atoms with Crippen LogP contribution in [0.3, 0.4) is 0 Å². The van der Waals surface area contributed by atoms with Gasteiger partial charge in [0, 0.05) is 21.7 Å². The Morgan fingerprint density at radius 1 is 1.11 bits per heavy atom. The second-order valence-corrected chi connectivity index (χ2v) is 2.95. The summed E-state index contributed by atoms with van der Waals surface area (Å²) in [5, 5.41) is 0. The van der Waals surface area contributed by atoms with Crippen LogP contribution in [0.25, 0.3) is 0 Å². The molecule has 0 aliphatic carbocycles. The van der Waals surface area contributed by atoms with Gasteiger partial charge in [-0.25, -0.2) is 0 Å². The van der Waals surface area contributed by atoms with Crippen LogP contribution < -0.4 is 18.9 Å². The Bertz CT molecular complexity index is 85.4. The summed E-state index contributed by atoms with van der Waals surface area (Å²) in [4.78, 5) is 23.7. The smallest absolute Gasteiger partial charge is 1.00 e. The van der Waals surface area contributed by atoms with Gasteiger partial charge in [-0.15, -0.1) is 0 Å². The molecule has 3 N–H and O–H groups in total. The normalized spacial score (nSPS) is 28.6. The number of rotatable bonds is 0. The molecule has 1 aliphatic rings. The van der Waals surface area contributed by atoms with Crippen LogP contribution >= 0.6 is 7.74 Å². The van der Waals surface area contributed by atoms with Gasteiger partial charge in [-0.1, -0.05) is 0 Å². The molecule has 0 spiro atoms. The second-order valence-electron chi connectivity index (χ2n) is 0.982. The molecule has 1 rings (SSSR count). The third-order valence-corrected chi connectivity index (χ3v) is 0.824. The van der Waals surface area contributed by atoms with Gasteiger partial charge in [-0.3, -0.25) is 0 Å². The van der Waals surface area contributed by atoms with Crippen LogP contribution in [0.4, 0.5) is 0 Å². The number of hydrogen-bond acceptors (Lipinski definition) is 5. The molecule has 0 unspecified atom stereocenters. The van der Waals surface area contributed by atoms with Crippen molar-refractivity contribution < 1.29 is 66.0 Å². The van der Waals surface area contributed by atoms with E-state index in [4.69, 9.17) is 14.7 Å². The summed E-state index contributed by atoms with van der Waals surface area (Å²) in [6.45, 7) is 0. The molecular formula is H7AlLiO5PTi. The minimum absolute atomic E-state index is 0. The van der Waals surface area contributed by atoms with E-state index < -0.39 is 7.74 Å². The molecule has 1 aliphatic heterocycles. The van der Waals surface area contributed by atoms with Crippen molar-refractivity contribution in [3.8, 4) is 0 Å². The molecule has 50 valence electrons. The molecule has 0 saturated carbocycles. The van der Waals surface area contributed by atoms with E-state index in [1.54, 1.807) is 0 Å². The maximum absolute atomic E-state index is 7.89. The van der Waals surface area contributed by atoms with Crippen molar-refractivity contribution in [1.29, 1.82) is 0 Å². The van der Waals surface area contributed by atoms with Gasteiger partial charge in [0.15, 0.2) is 17.4 Å². The number of hydrogen-bond donors (Lipinski definition) is 3. The molecule has 1 fully saturated rings. The summed E-state index contributed by atoms with van der Waals surface area (Å²) >= 11 is 0. The fourth-order valence-electron chi connectivity index (χ4n) is 0.0447. The Morgan fingerprint density at radius 3 is 1.22 bits per heavy atom. The first-order valence-corrected chi connectivity index (χ1v) is 3.06. The Hall–Kier alpha value is 2.07. The Kier molecular flexibility index (Phi) is 8.02. The zero-order valence-corrected chi connectivity index (χ0v) is 6.56. The third kappa shape index (κ3) is 7.98. The quantitative estimate of drug-likeness (QED) is 0.158. The second kappa shape index (κ2) is 4.19. The van der Waals surface area contributed by atoms with Gasteiger partial charge in [-0.05, 0) is 0 Å². The summed E-state index contributed by atoms with van der Waals surface area (Å²) in [6, 6.07) is 0.